The number of nitrogens with zero attached hydrogens (tertiary/aromatic N) is 1. The summed E-state index contributed by atoms with van der Waals surface area (Å²) in [6.07, 6.45) is 0.467. The van der Waals surface area contributed by atoms with Gasteiger partial charge in [-0.1, -0.05) is 133 Å². The number of thioether (sulfide) groups is 1. The Hall–Kier alpha value is -4.76. The van der Waals surface area contributed by atoms with Crippen LogP contribution in [0.15, 0.2) is 140 Å². The summed E-state index contributed by atoms with van der Waals surface area (Å²) >= 11 is 7.99. The van der Waals surface area contributed by atoms with Gasteiger partial charge in [-0.3, -0.25) is 9.69 Å². The summed E-state index contributed by atoms with van der Waals surface area (Å²) in [5.41, 5.74) is 10.8. The van der Waals surface area contributed by atoms with Gasteiger partial charge in [0.2, 0.25) is 5.91 Å². The van der Waals surface area contributed by atoms with Crippen molar-refractivity contribution in [2.45, 2.75) is 62.1 Å². The van der Waals surface area contributed by atoms with Gasteiger partial charge in [-0.2, -0.15) is 0 Å². The first kappa shape index (κ1) is 38.9. The van der Waals surface area contributed by atoms with Crippen LogP contribution in [0.1, 0.15) is 61.1 Å². The van der Waals surface area contributed by atoms with Gasteiger partial charge in [0.1, 0.15) is 11.4 Å². The molecule has 0 saturated carbocycles. The predicted octanol–water partition coefficient (Wildman–Crippen LogP) is 9.18. The van der Waals surface area contributed by atoms with Gasteiger partial charge in [0.25, 0.3) is 0 Å². The third-order valence-electron chi connectivity index (χ3n) is 9.59. The van der Waals surface area contributed by atoms with Crippen molar-refractivity contribution in [2.24, 2.45) is 5.73 Å². The number of carbonyl (C=O) groups is 2. The van der Waals surface area contributed by atoms with Crippen molar-refractivity contribution in [1.29, 1.82) is 0 Å². The number of hydrogen-bond donors (Lipinski definition) is 2. The van der Waals surface area contributed by atoms with E-state index in [1.54, 1.807) is 11.8 Å². The van der Waals surface area contributed by atoms with Gasteiger partial charge in [0.15, 0.2) is 0 Å². The van der Waals surface area contributed by atoms with Gasteiger partial charge < -0.3 is 20.5 Å². The second-order valence-corrected chi connectivity index (χ2v) is 16.2. The van der Waals surface area contributed by atoms with E-state index in [2.05, 4.69) is 83.0 Å². The summed E-state index contributed by atoms with van der Waals surface area (Å²) in [4.78, 5) is 29.5. The van der Waals surface area contributed by atoms with E-state index in [1.807, 2.05) is 87.5 Å². The molecule has 0 radical (unpaired) electrons. The van der Waals surface area contributed by atoms with Crippen LogP contribution in [0.2, 0.25) is 5.02 Å². The predicted molar refractivity (Wildman–Crippen MR) is 219 cm³/mol. The van der Waals surface area contributed by atoms with Crippen molar-refractivity contribution >= 4 is 35.4 Å². The summed E-state index contributed by atoms with van der Waals surface area (Å²) in [7, 11) is 0. The molecule has 5 aromatic carbocycles. The van der Waals surface area contributed by atoms with E-state index in [-0.39, 0.29) is 6.04 Å². The largest absolute Gasteiger partial charge is 0.493 e. The Morgan fingerprint density at radius 1 is 0.833 bits per heavy atom. The molecule has 1 aliphatic heterocycles. The first-order valence-electron chi connectivity index (χ1n) is 18.3. The molecule has 0 aliphatic carbocycles. The summed E-state index contributed by atoms with van der Waals surface area (Å²) in [6, 6.07) is 45.4. The molecule has 7 nitrogen and oxygen atoms in total. The van der Waals surface area contributed by atoms with E-state index in [0.29, 0.717) is 36.8 Å². The molecule has 0 bridgehead atoms. The van der Waals surface area contributed by atoms with Crippen LogP contribution in [0.4, 0.5) is 4.79 Å². The fourth-order valence-electron chi connectivity index (χ4n) is 7.23. The third-order valence-corrected chi connectivity index (χ3v) is 11.6. The highest BCUT2D eigenvalue weighted by Crippen LogP contribution is 2.49. The number of benzene rings is 5. The van der Waals surface area contributed by atoms with Crippen molar-refractivity contribution < 1.29 is 19.1 Å². The smallest absolute Gasteiger partial charge is 0.407 e. The van der Waals surface area contributed by atoms with Gasteiger partial charge in [0.05, 0.1) is 23.4 Å². The molecule has 9 heteroatoms. The number of fused-ring (bicyclic) bond motifs is 1. The lowest BCUT2D eigenvalue weighted by Crippen LogP contribution is -2.55. The molecule has 1 aliphatic rings. The SMILES string of the molecule is CC(C)(C)OC(=O)N[C@@H](CSC(c1ccccc1)(c1ccccc1)c1ccccc1)CN(C1CCOc2ccccc21)[C@H](Cc1ccc(Cl)cc1)C(N)=O. The Balaban J connectivity index is 1.45. The molecule has 0 spiro atoms. The topological polar surface area (TPSA) is 93.9 Å². The van der Waals surface area contributed by atoms with Crippen molar-refractivity contribution in [3.05, 3.63) is 172 Å². The molecular weight excluding hydrogens is 714 g/mol. The molecule has 0 saturated heterocycles. The second kappa shape index (κ2) is 17.6. The van der Waals surface area contributed by atoms with Crippen molar-refractivity contribution in [1.82, 2.24) is 10.2 Å². The van der Waals surface area contributed by atoms with Crippen LogP contribution in [0.3, 0.4) is 0 Å². The van der Waals surface area contributed by atoms with Gasteiger partial charge in [-0.05, 0) is 67.6 Å². The summed E-state index contributed by atoms with van der Waals surface area (Å²) in [6.45, 7) is 6.33. The number of nitrogens with one attached hydrogen (secondary N) is 1. The maximum atomic E-state index is 13.7. The Labute approximate surface area is 328 Å². The van der Waals surface area contributed by atoms with Gasteiger partial charge >= 0.3 is 6.09 Å². The first-order chi connectivity index (χ1) is 26.0. The van der Waals surface area contributed by atoms with E-state index >= 15 is 0 Å². The highest BCUT2D eigenvalue weighted by molar-refractivity contribution is 8.00. The van der Waals surface area contributed by atoms with Crippen LogP contribution in [0.25, 0.3) is 0 Å². The average molecular weight is 762 g/mol. The summed E-state index contributed by atoms with van der Waals surface area (Å²) in [5, 5.41) is 3.85. The second-order valence-electron chi connectivity index (χ2n) is 14.6. The van der Waals surface area contributed by atoms with Crippen LogP contribution in [-0.2, 0) is 20.7 Å². The zero-order valence-electron chi connectivity index (χ0n) is 31.0. The van der Waals surface area contributed by atoms with Gasteiger partial charge in [-0.25, -0.2) is 4.79 Å². The Bertz CT molecular complexity index is 1880. The van der Waals surface area contributed by atoms with Crippen LogP contribution >= 0.6 is 23.4 Å². The Kier molecular flexibility index (Phi) is 12.7. The third kappa shape index (κ3) is 9.48. The zero-order chi connectivity index (χ0) is 38.1. The highest BCUT2D eigenvalue weighted by Gasteiger charge is 2.40. The van der Waals surface area contributed by atoms with Crippen LogP contribution < -0.4 is 15.8 Å². The zero-order valence-corrected chi connectivity index (χ0v) is 32.6. The standard InChI is InChI=1S/C45H48ClN3O4S/c1-44(2,3)53-43(51)48-37(31-54-45(33-15-7-4-8-16-33,34-17-9-5-10-18-34)35-19-11-6-12-20-35)30-49(39-27-28-52-41-22-14-13-21-38(39)41)40(42(47)50)29-32-23-25-36(46)26-24-32/h4-26,37,39-40H,27-31H2,1-3H3,(H2,47,50)(H,48,51)/t37-,39?,40-/m1/s1. The van der Waals surface area contributed by atoms with E-state index in [1.165, 1.54) is 0 Å². The minimum absolute atomic E-state index is 0.213. The maximum Gasteiger partial charge on any atom is 0.407 e. The molecular formula is C45H48ClN3O4S. The molecule has 0 aromatic heterocycles. The van der Waals surface area contributed by atoms with E-state index in [4.69, 9.17) is 26.8 Å². The molecule has 6 rings (SSSR count). The fraction of sp³-hybridized carbons (Fsp3) is 0.289. The number of para-hydroxylation sites is 1. The molecule has 5 aromatic rings. The molecule has 280 valence electrons. The number of ether oxygens (including phenoxy) is 2. The molecule has 3 atom stereocenters. The van der Waals surface area contributed by atoms with E-state index < -0.39 is 34.4 Å². The lowest BCUT2D eigenvalue weighted by Gasteiger charge is -2.42. The normalized spacial score (nSPS) is 15.4. The number of hydrogen-bond acceptors (Lipinski definition) is 6. The number of carbonyl (C=O) groups excluding carboxylic acids is 2. The monoisotopic (exact) mass is 761 g/mol. The number of rotatable bonds is 14. The maximum absolute atomic E-state index is 13.7. The van der Waals surface area contributed by atoms with Crippen molar-refractivity contribution in [3.63, 3.8) is 0 Å². The molecule has 3 N–H and O–H groups in total. The van der Waals surface area contributed by atoms with E-state index in [9.17, 15) is 9.59 Å². The number of primary amides is 1. The number of amides is 2. The molecule has 54 heavy (non-hydrogen) atoms. The van der Waals surface area contributed by atoms with Crippen molar-refractivity contribution in [2.75, 3.05) is 18.9 Å². The Morgan fingerprint density at radius 2 is 1.37 bits per heavy atom. The highest BCUT2D eigenvalue weighted by atomic mass is 35.5. The van der Waals surface area contributed by atoms with Gasteiger partial charge in [0, 0.05) is 35.3 Å². The van der Waals surface area contributed by atoms with Crippen LogP contribution in [0, 0.1) is 0 Å². The minimum Gasteiger partial charge on any atom is -0.493 e. The minimum atomic E-state index is -0.715. The van der Waals surface area contributed by atoms with Crippen molar-refractivity contribution in [3.8, 4) is 5.75 Å². The average Bonchev–Trinajstić information content (AvgIpc) is 3.17. The lowest BCUT2D eigenvalue weighted by atomic mass is 9.84. The molecule has 0 fully saturated rings. The Morgan fingerprint density at radius 3 is 1.91 bits per heavy atom. The quantitative estimate of drug-likeness (QED) is 0.110. The molecule has 1 heterocycles. The fourth-order valence-corrected chi connectivity index (χ4v) is 8.90. The summed E-state index contributed by atoms with van der Waals surface area (Å²) < 4.78 is 11.3. The number of alkyl carbamates (subject to hydrolysis) is 1. The molecule has 1 unspecified atom stereocenters. The number of halogens is 1. The lowest BCUT2D eigenvalue weighted by molar-refractivity contribution is -0.124. The van der Waals surface area contributed by atoms with E-state index in [0.717, 1.165) is 33.6 Å². The summed E-state index contributed by atoms with van der Waals surface area (Å²) in [5.74, 6) is 0.784. The molecule has 2 amide bonds. The van der Waals surface area contributed by atoms with Gasteiger partial charge in [-0.15, -0.1) is 11.8 Å². The van der Waals surface area contributed by atoms with Crippen LogP contribution in [-0.4, -0.2) is 53.5 Å². The number of nitrogens with two attached hydrogens (primary N) is 1. The first-order valence-corrected chi connectivity index (χ1v) is 19.7. The van der Waals surface area contributed by atoms with Crippen LogP contribution in [0.5, 0.6) is 5.75 Å².